The molecule has 7 nitrogen and oxygen atoms in total. The number of aromatic nitrogens is 4. The standard InChI is InChI=1S/C15H27N5O2/c1-12(2)4-9-20-14(16-17-18-20)19-7-5-13(6-8-19)15(3)21-10-11-22-15/h12-13H,4-11H2,1-3H3. The summed E-state index contributed by atoms with van der Waals surface area (Å²) in [4.78, 5) is 2.29. The van der Waals surface area contributed by atoms with Gasteiger partial charge in [0, 0.05) is 25.6 Å². The lowest BCUT2D eigenvalue weighted by molar-refractivity contribution is -0.185. The Hall–Kier alpha value is -1.21. The third-order valence-corrected chi connectivity index (χ3v) is 4.81. The van der Waals surface area contributed by atoms with Gasteiger partial charge in [-0.25, -0.2) is 4.68 Å². The van der Waals surface area contributed by atoms with Crippen LogP contribution in [0.25, 0.3) is 0 Å². The maximum absolute atomic E-state index is 5.81. The molecule has 7 heteroatoms. The van der Waals surface area contributed by atoms with E-state index in [1.54, 1.807) is 0 Å². The van der Waals surface area contributed by atoms with Crippen LogP contribution in [0, 0.1) is 11.8 Å². The smallest absolute Gasteiger partial charge is 0.245 e. The Labute approximate surface area is 131 Å². The molecule has 0 N–H and O–H groups in total. The molecular formula is C15H27N5O2. The number of aryl methyl sites for hydroxylation is 1. The molecule has 1 aromatic rings. The summed E-state index contributed by atoms with van der Waals surface area (Å²) in [6, 6.07) is 0. The fraction of sp³-hybridized carbons (Fsp3) is 0.933. The number of hydrogen-bond donors (Lipinski definition) is 0. The SMILES string of the molecule is CC(C)CCn1nnnc1N1CCC(C2(C)OCCO2)CC1. The van der Waals surface area contributed by atoms with Crippen molar-refractivity contribution in [2.75, 3.05) is 31.2 Å². The Morgan fingerprint density at radius 1 is 1.23 bits per heavy atom. The molecule has 1 aromatic heterocycles. The minimum Gasteiger partial charge on any atom is -0.348 e. The molecule has 0 amide bonds. The van der Waals surface area contributed by atoms with Crippen molar-refractivity contribution < 1.29 is 9.47 Å². The number of piperidine rings is 1. The largest absolute Gasteiger partial charge is 0.348 e. The summed E-state index contributed by atoms with van der Waals surface area (Å²) in [5.74, 6) is 1.61. The second-order valence-electron chi connectivity index (χ2n) is 6.86. The van der Waals surface area contributed by atoms with Gasteiger partial charge in [0.2, 0.25) is 5.95 Å². The van der Waals surface area contributed by atoms with Crippen LogP contribution in [-0.2, 0) is 16.0 Å². The van der Waals surface area contributed by atoms with Crippen molar-refractivity contribution in [3.8, 4) is 0 Å². The molecule has 2 aliphatic rings. The van der Waals surface area contributed by atoms with Gasteiger partial charge in [-0.05, 0) is 42.5 Å². The monoisotopic (exact) mass is 309 g/mol. The normalized spacial score (nSPS) is 22.6. The van der Waals surface area contributed by atoms with E-state index in [1.807, 2.05) is 4.68 Å². The van der Waals surface area contributed by atoms with Gasteiger partial charge >= 0.3 is 0 Å². The summed E-state index contributed by atoms with van der Waals surface area (Å²) in [7, 11) is 0. The molecule has 0 aliphatic carbocycles. The molecule has 2 fully saturated rings. The average molecular weight is 309 g/mol. The molecule has 0 radical (unpaired) electrons. The van der Waals surface area contributed by atoms with Gasteiger partial charge in [0.05, 0.1) is 13.2 Å². The van der Waals surface area contributed by atoms with Gasteiger partial charge in [-0.3, -0.25) is 0 Å². The average Bonchev–Trinajstić information content (AvgIpc) is 3.15. The Bertz CT molecular complexity index is 476. The molecule has 0 saturated carbocycles. The molecule has 0 unspecified atom stereocenters. The molecule has 124 valence electrons. The summed E-state index contributed by atoms with van der Waals surface area (Å²) in [5, 5.41) is 12.2. The second kappa shape index (κ2) is 6.50. The van der Waals surface area contributed by atoms with Crippen LogP contribution < -0.4 is 4.90 Å². The Kier molecular flexibility index (Phi) is 4.63. The third-order valence-electron chi connectivity index (χ3n) is 4.81. The number of ether oxygens (including phenoxy) is 2. The van der Waals surface area contributed by atoms with Crippen molar-refractivity contribution in [3.63, 3.8) is 0 Å². The molecule has 22 heavy (non-hydrogen) atoms. The van der Waals surface area contributed by atoms with Crippen molar-refractivity contribution in [3.05, 3.63) is 0 Å². The number of nitrogens with zero attached hydrogens (tertiary/aromatic N) is 5. The predicted molar refractivity (Wildman–Crippen MR) is 82.5 cm³/mol. The van der Waals surface area contributed by atoms with Crippen molar-refractivity contribution in [2.45, 2.75) is 52.4 Å². The van der Waals surface area contributed by atoms with E-state index < -0.39 is 5.79 Å². The summed E-state index contributed by atoms with van der Waals surface area (Å²) >= 11 is 0. The molecule has 2 saturated heterocycles. The molecule has 0 bridgehead atoms. The van der Waals surface area contributed by atoms with Crippen molar-refractivity contribution in [2.24, 2.45) is 11.8 Å². The summed E-state index contributed by atoms with van der Waals surface area (Å²) < 4.78 is 13.6. The van der Waals surface area contributed by atoms with Crippen LogP contribution in [0.3, 0.4) is 0 Å². The van der Waals surface area contributed by atoms with Crippen LogP contribution in [0.2, 0.25) is 0 Å². The molecule has 3 rings (SSSR count). The van der Waals surface area contributed by atoms with Crippen LogP contribution >= 0.6 is 0 Å². The highest BCUT2D eigenvalue weighted by atomic mass is 16.7. The van der Waals surface area contributed by atoms with E-state index in [1.165, 1.54) is 0 Å². The van der Waals surface area contributed by atoms with Gasteiger partial charge in [-0.2, -0.15) is 0 Å². The van der Waals surface area contributed by atoms with E-state index in [0.29, 0.717) is 25.0 Å². The molecule has 3 heterocycles. The fourth-order valence-corrected chi connectivity index (χ4v) is 3.32. The fourth-order valence-electron chi connectivity index (χ4n) is 3.32. The first-order valence-electron chi connectivity index (χ1n) is 8.37. The van der Waals surface area contributed by atoms with E-state index in [0.717, 1.165) is 44.8 Å². The maximum atomic E-state index is 5.81. The predicted octanol–water partition coefficient (Wildman–Crippen LogP) is 1.70. The topological polar surface area (TPSA) is 65.3 Å². The summed E-state index contributed by atoms with van der Waals surface area (Å²) in [5.41, 5.74) is 0. The van der Waals surface area contributed by atoms with Crippen molar-refractivity contribution >= 4 is 5.95 Å². The lowest BCUT2D eigenvalue weighted by atomic mass is 9.89. The summed E-state index contributed by atoms with van der Waals surface area (Å²) in [6.45, 7) is 10.7. The molecular weight excluding hydrogens is 282 g/mol. The van der Waals surface area contributed by atoms with Crippen LogP contribution in [0.4, 0.5) is 5.95 Å². The molecule has 2 aliphatic heterocycles. The quantitative estimate of drug-likeness (QED) is 0.825. The molecule has 0 aromatic carbocycles. The zero-order valence-electron chi connectivity index (χ0n) is 13.9. The van der Waals surface area contributed by atoms with E-state index in [-0.39, 0.29) is 0 Å². The molecule has 0 atom stereocenters. The Morgan fingerprint density at radius 2 is 1.91 bits per heavy atom. The van der Waals surface area contributed by atoms with Crippen LogP contribution in [0.1, 0.15) is 40.0 Å². The van der Waals surface area contributed by atoms with Crippen LogP contribution in [0.15, 0.2) is 0 Å². The van der Waals surface area contributed by atoms with Crippen molar-refractivity contribution in [1.82, 2.24) is 20.2 Å². The highest BCUT2D eigenvalue weighted by Gasteiger charge is 2.41. The number of tetrazole rings is 1. The van der Waals surface area contributed by atoms with Gasteiger partial charge in [0.25, 0.3) is 0 Å². The number of rotatable bonds is 5. The van der Waals surface area contributed by atoms with Gasteiger partial charge in [-0.1, -0.05) is 18.9 Å². The third kappa shape index (κ3) is 3.25. The summed E-state index contributed by atoms with van der Waals surface area (Å²) in [6.07, 6.45) is 3.19. The highest BCUT2D eigenvalue weighted by Crippen LogP contribution is 2.35. The van der Waals surface area contributed by atoms with Gasteiger partial charge < -0.3 is 14.4 Å². The first-order chi connectivity index (χ1) is 10.6. The first kappa shape index (κ1) is 15.7. The molecule has 0 spiro atoms. The van der Waals surface area contributed by atoms with E-state index in [9.17, 15) is 0 Å². The zero-order valence-corrected chi connectivity index (χ0v) is 13.9. The van der Waals surface area contributed by atoms with Crippen LogP contribution in [-0.4, -0.2) is 52.3 Å². The lowest BCUT2D eigenvalue weighted by Crippen LogP contribution is -2.45. The number of anilines is 1. The van der Waals surface area contributed by atoms with Gasteiger partial charge in [0.15, 0.2) is 5.79 Å². The van der Waals surface area contributed by atoms with E-state index in [2.05, 4.69) is 41.2 Å². The maximum Gasteiger partial charge on any atom is 0.245 e. The highest BCUT2D eigenvalue weighted by molar-refractivity contribution is 5.28. The van der Waals surface area contributed by atoms with Gasteiger partial charge in [-0.15, -0.1) is 0 Å². The zero-order chi connectivity index (χ0) is 15.6. The first-order valence-corrected chi connectivity index (χ1v) is 8.37. The Morgan fingerprint density at radius 3 is 2.55 bits per heavy atom. The van der Waals surface area contributed by atoms with E-state index >= 15 is 0 Å². The number of hydrogen-bond acceptors (Lipinski definition) is 6. The second-order valence-corrected chi connectivity index (χ2v) is 6.86. The van der Waals surface area contributed by atoms with Crippen molar-refractivity contribution in [1.29, 1.82) is 0 Å². The Balaban J connectivity index is 1.58. The van der Waals surface area contributed by atoms with Crippen LogP contribution in [0.5, 0.6) is 0 Å². The minimum atomic E-state index is -0.393. The van der Waals surface area contributed by atoms with E-state index in [4.69, 9.17) is 9.47 Å². The minimum absolute atomic E-state index is 0.393. The van der Waals surface area contributed by atoms with Gasteiger partial charge in [0.1, 0.15) is 0 Å². The lowest BCUT2D eigenvalue weighted by Gasteiger charge is -2.39.